The molecule has 0 atom stereocenters. The number of pyridine rings is 2. The van der Waals surface area contributed by atoms with Gasteiger partial charge in [0.25, 0.3) is 5.91 Å². The number of halogens is 1. The molecular weight excluding hydrogens is 238 g/mol. The minimum atomic E-state index is -0.276. The lowest BCUT2D eigenvalue weighted by Gasteiger charge is -2.05. The Kier molecular flexibility index (Phi) is 3.35. The predicted molar refractivity (Wildman–Crippen MR) is 66.2 cm³/mol. The molecule has 0 saturated carbocycles. The molecule has 2 aromatic rings. The van der Waals surface area contributed by atoms with E-state index in [-0.39, 0.29) is 5.91 Å². The van der Waals surface area contributed by atoms with Gasteiger partial charge in [0, 0.05) is 18.6 Å². The number of amides is 1. The third kappa shape index (κ3) is 2.79. The fourth-order valence-electron chi connectivity index (χ4n) is 1.34. The van der Waals surface area contributed by atoms with Crippen molar-refractivity contribution in [3.05, 3.63) is 52.9 Å². The number of anilines is 1. The van der Waals surface area contributed by atoms with Crippen molar-refractivity contribution < 1.29 is 4.79 Å². The van der Waals surface area contributed by atoms with E-state index in [0.717, 1.165) is 5.56 Å². The number of nitrogens with zero attached hydrogens (tertiary/aromatic N) is 2. The summed E-state index contributed by atoms with van der Waals surface area (Å²) in [6, 6.07) is 5.12. The van der Waals surface area contributed by atoms with E-state index < -0.39 is 0 Å². The second kappa shape index (κ2) is 4.93. The summed E-state index contributed by atoms with van der Waals surface area (Å²) in [5, 5.41) is 3.04. The molecule has 17 heavy (non-hydrogen) atoms. The lowest BCUT2D eigenvalue weighted by atomic mass is 10.2. The number of rotatable bonds is 2. The zero-order valence-corrected chi connectivity index (χ0v) is 9.90. The van der Waals surface area contributed by atoms with Crippen molar-refractivity contribution in [2.24, 2.45) is 0 Å². The fourth-order valence-corrected chi connectivity index (χ4v) is 1.51. The Morgan fingerprint density at radius 3 is 2.94 bits per heavy atom. The van der Waals surface area contributed by atoms with Gasteiger partial charge >= 0.3 is 0 Å². The van der Waals surface area contributed by atoms with Gasteiger partial charge in [-0.3, -0.25) is 9.78 Å². The largest absolute Gasteiger partial charge is 0.305 e. The van der Waals surface area contributed by atoms with Crippen LogP contribution in [0.1, 0.15) is 15.9 Å². The molecule has 1 amide bonds. The second-order valence-corrected chi connectivity index (χ2v) is 3.95. The van der Waals surface area contributed by atoms with Crippen molar-refractivity contribution in [2.75, 3.05) is 5.32 Å². The summed E-state index contributed by atoms with van der Waals surface area (Å²) < 4.78 is 0. The number of carbonyl (C=O) groups excluding carboxylic acids is 1. The Bertz CT molecular complexity index is 557. The third-order valence-electron chi connectivity index (χ3n) is 2.13. The maximum absolute atomic E-state index is 11.9. The van der Waals surface area contributed by atoms with Gasteiger partial charge in [0.05, 0.1) is 10.6 Å². The molecule has 2 rings (SSSR count). The van der Waals surface area contributed by atoms with Crippen LogP contribution >= 0.6 is 11.6 Å². The number of hydrogen-bond donors (Lipinski definition) is 1. The smallest absolute Gasteiger partial charge is 0.258 e. The van der Waals surface area contributed by atoms with Crippen LogP contribution in [0.5, 0.6) is 0 Å². The maximum atomic E-state index is 11.9. The molecule has 0 aliphatic carbocycles. The van der Waals surface area contributed by atoms with Crippen molar-refractivity contribution >= 4 is 23.3 Å². The zero-order valence-electron chi connectivity index (χ0n) is 9.14. The first-order valence-electron chi connectivity index (χ1n) is 5.00. The Labute approximate surface area is 104 Å². The molecular formula is C12H10ClN3O. The average Bonchev–Trinajstić information content (AvgIpc) is 2.32. The van der Waals surface area contributed by atoms with Crippen LogP contribution in [0.25, 0.3) is 0 Å². The van der Waals surface area contributed by atoms with E-state index in [4.69, 9.17) is 11.6 Å². The summed E-state index contributed by atoms with van der Waals surface area (Å²) in [5.74, 6) is 0.0717. The quantitative estimate of drug-likeness (QED) is 0.888. The number of aryl methyl sites for hydroxylation is 1. The molecule has 1 N–H and O–H groups in total. The summed E-state index contributed by atoms with van der Waals surface area (Å²) in [6.07, 6.45) is 4.75. The van der Waals surface area contributed by atoms with Crippen LogP contribution in [-0.2, 0) is 0 Å². The van der Waals surface area contributed by atoms with Gasteiger partial charge in [-0.25, -0.2) is 4.98 Å². The van der Waals surface area contributed by atoms with Gasteiger partial charge in [0.1, 0.15) is 0 Å². The van der Waals surface area contributed by atoms with Gasteiger partial charge in [-0.1, -0.05) is 11.6 Å². The highest BCUT2D eigenvalue weighted by Crippen LogP contribution is 2.18. The standard InChI is InChI=1S/C12H10ClN3O/c1-8-5-9(7-14-6-8)12(17)16-11-10(13)3-2-4-15-11/h2-7H,1H3,(H,15,16,17). The molecule has 0 saturated heterocycles. The molecule has 0 radical (unpaired) electrons. The average molecular weight is 248 g/mol. The third-order valence-corrected chi connectivity index (χ3v) is 2.43. The molecule has 2 aromatic heterocycles. The Balaban J connectivity index is 2.20. The van der Waals surface area contributed by atoms with Gasteiger partial charge in [0.2, 0.25) is 0 Å². The van der Waals surface area contributed by atoms with Gasteiger partial charge in [-0.15, -0.1) is 0 Å². The Morgan fingerprint density at radius 2 is 2.24 bits per heavy atom. The molecule has 0 aromatic carbocycles. The molecule has 2 heterocycles. The van der Waals surface area contributed by atoms with E-state index in [2.05, 4.69) is 15.3 Å². The minimum absolute atomic E-state index is 0.276. The van der Waals surface area contributed by atoms with Crippen LogP contribution in [0.4, 0.5) is 5.82 Å². The first-order chi connectivity index (χ1) is 8.16. The maximum Gasteiger partial charge on any atom is 0.258 e. The Morgan fingerprint density at radius 1 is 1.41 bits per heavy atom. The fraction of sp³-hybridized carbons (Fsp3) is 0.0833. The van der Waals surface area contributed by atoms with Crippen LogP contribution in [0, 0.1) is 6.92 Å². The van der Waals surface area contributed by atoms with Gasteiger partial charge in [-0.2, -0.15) is 0 Å². The number of hydrogen-bond acceptors (Lipinski definition) is 3. The molecule has 86 valence electrons. The summed E-state index contributed by atoms with van der Waals surface area (Å²) in [4.78, 5) is 19.8. The van der Waals surface area contributed by atoms with E-state index in [1.54, 1.807) is 30.6 Å². The van der Waals surface area contributed by atoms with Crippen molar-refractivity contribution in [2.45, 2.75) is 6.92 Å². The van der Waals surface area contributed by atoms with E-state index >= 15 is 0 Å². The molecule has 4 nitrogen and oxygen atoms in total. The van der Waals surface area contributed by atoms with Crippen LogP contribution in [0.15, 0.2) is 36.8 Å². The van der Waals surface area contributed by atoms with Crippen molar-refractivity contribution in [1.29, 1.82) is 0 Å². The van der Waals surface area contributed by atoms with Gasteiger partial charge in [0.15, 0.2) is 5.82 Å². The zero-order chi connectivity index (χ0) is 12.3. The lowest BCUT2D eigenvalue weighted by Crippen LogP contribution is -2.13. The highest BCUT2D eigenvalue weighted by atomic mass is 35.5. The first-order valence-corrected chi connectivity index (χ1v) is 5.38. The van der Waals surface area contributed by atoms with E-state index in [0.29, 0.717) is 16.4 Å². The number of nitrogens with one attached hydrogen (secondary N) is 1. The van der Waals surface area contributed by atoms with E-state index in [1.165, 1.54) is 6.20 Å². The van der Waals surface area contributed by atoms with Crippen molar-refractivity contribution in [3.8, 4) is 0 Å². The Hall–Kier alpha value is -1.94. The van der Waals surface area contributed by atoms with Crippen LogP contribution < -0.4 is 5.32 Å². The monoisotopic (exact) mass is 247 g/mol. The topological polar surface area (TPSA) is 54.9 Å². The van der Waals surface area contributed by atoms with Crippen LogP contribution in [0.2, 0.25) is 5.02 Å². The lowest BCUT2D eigenvalue weighted by molar-refractivity contribution is 0.102. The van der Waals surface area contributed by atoms with Crippen LogP contribution in [-0.4, -0.2) is 15.9 Å². The molecule has 0 unspecified atom stereocenters. The molecule has 0 spiro atoms. The number of aromatic nitrogens is 2. The number of carbonyl (C=O) groups is 1. The molecule has 0 aliphatic heterocycles. The van der Waals surface area contributed by atoms with Crippen molar-refractivity contribution in [1.82, 2.24) is 9.97 Å². The molecule has 0 bridgehead atoms. The molecule has 0 aliphatic rings. The van der Waals surface area contributed by atoms with E-state index in [1.807, 2.05) is 6.92 Å². The van der Waals surface area contributed by atoms with Gasteiger partial charge in [-0.05, 0) is 30.7 Å². The van der Waals surface area contributed by atoms with Crippen LogP contribution in [0.3, 0.4) is 0 Å². The highest BCUT2D eigenvalue weighted by Gasteiger charge is 2.09. The van der Waals surface area contributed by atoms with Gasteiger partial charge < -0.3 is 5.32 Å². The SMILES string of the molecule is Cc1cncc(C(=O)Nc2ncccc2Cl)c1. The van der Waals surface area contributed by atoms with Crippen molar-refractivity contribution in [3.63, 3.8) is 0 Å². The molecule has 5 heteroatoms. The predicted octanol–water partition coefficient (Wildman–Crippen LogP) is 2.69. The summed E-state index contributed by atoms with van der Waals surface area (Å²) in [5.41, 5.74) is 1.40. The summed E-state index contributed by atoms with van der Waals surface area (Å²) >= 11 is 5.89. The normalized spacial score (nSPS) is 10.0. The molecule has 0 fully saturated rings. The second-order valence-electron chi connectivity index (χ2n) is 3.54. The van der Waals surface area contributed by atoms with E-state index in [9.17, 15) is 4.79 Å². The first kappa shape index (κ1) is 11.5. The highest BCUT2D eigenvalue weighted by molar-refractivity contribution is 6.33. The summed E-state index contributed by atoms with van der Waals surface area (Å²) in [7, 11) is 0. The minimum Gasteiger partial charge on any atom is -0.305 e. The summed E-state index contributed by atoms with van der Waals surface area (Å²) in [6.45, 7) is 1.87.